The molecule has 16 heavy (non-hydrogen) atoms. The number of rotatable bonds is 3. The topological polar surface area (TPSA) is 24.7 Å². The third-order valence-electron chi connectivity index (χ3n) is 2.24. The largest absolute Gasteiger partial charge is 0.286 e. The molecule has 0 amide bonds. The summed E-state index contributed by atoms with van der Waals surface area (Å²) in [5.41, 5.74) is 3.70. The molecular formula is C14H16N2. The third-order valence-corrected chi connectivity index (χ3v) is 2.24. The van der Waals surface area contributed by atoms with Gasteiger partial charge < -0.3 is 0 Å². The zero-order valence-electron chi connectivity index (χ0n) is 9.77. The zero-order chi connectivity index (χ0) is 12.0. The molecule has 0 unspecified atom stereocenters. The van der Waals surface area contributed by atoms with Crippen LogP contribution >= 0.6 is 0 Å². The molecule has 0 aromatic carbocycles. The Morgan fingerprint density at radius 1 is 1.31 bits per heavy atom. The van der Waals surface area contributed by atoms with Gasteiger partial charge in [0.05, 0.1) is 11.4 Å². The maximum Gasteiger partial charge on any atom is 0.0952 e. The van der Waals surface area contributed by atoms with Crippen LogP contribution in [0.25, 0.3) is 0 Å². The fourth-order valence-corrected chi connectivity index (χ4v) is 1.59. The van der Waals surface area contributed by atoms with Crippen LogP contribution in [0, 0.1) is 0 Å². The lowest BCUT2D eigenvalue weighted by Gasteiger charge is -2.14. The second kappa shape index (κ2) is 5.81. The minimum absolute atomic E-state index is 0.816. The Kier molecular flexibility index (Phi) is 4.40. The lowest BCUT2D eigenvalue weighted by Crippen LogP contribution is -2.09. The minimum atomic E-state index is 0.816. The Morgan fingerprint density at radius 2 is 2.06 bits per heavy atom. The van der Waals surface area contributed by atoms with Crippen molar-refractivity contribution in [2.45, 2.75) is 6.92 Å². The normalized spacial score (nSPS) is 21.1. The van der Waals surface area contributed by atoms with Gasteiger partial charge in [-0.15, -0.1) is 0 Å². The van der Waals surface area contributed by atoms with Gasteiger partial charge in [-0.3, -0.25) is 9.98 Å². The highest BCUT2D eigenvalue weighted by molar-refractivity contribution is 6.16. The van der Waals surface area contributed by atoms with Crippen LogP contribution in [0.15, 0.2) is 69.9 Å². The number of allylic oxidation sites excluding steroid dienone is 8. The Bertz CT molecular complexity index is 443. The molecule has 0 atom stereocenters. The fourth-order valence-electron chi connectivity index (χ4n) is 1.59. The van der Waals surface area contributed by atoms with Crippen LogP contribution in [0.3, 0.4) is 0 Å². The molecule has 0 aromatic heterocycles. The summed E-state index contributed by atoms with van der Waals surface area (Å²) in [5, 5.41) is 0. The van der Waals surface area contributed by atoms with Crippen molar-refractivity contribution in [1.82, 2.24) is 0 Å². The summed E-state index contributed by atoms with van der Waals surface area (Å²) in [4.78, 5) is 8.31. The molecule has 0 N–H and O–H groups in total. The molecule has 0 radical (unpaired) electrons. The molecule has 0 bridgehead atoms. The highest BCUT2D eigenvalue weighted by atomic mass is 14.8. The zero-order valence-corrected chi connectivity index (χ0v) is 9.77. The summed E-state index contributed by atoms with van der Waals surface area (Å²) < 4.78 is 0. The molecule has 0 saturated carbocycles. The van der Waals surface area contributed by atoms with E-state index < -0.39 is 0 Å². The number of aliphatic imine (C=N–C) groups is 2. The monoisotopic (exact) mass is 212 g/mol. The quantitative estimate of drug-likeness (QED) is 0.641. The lowest BCUT2D eigenvalue weighted by molar-refractivity contribution is 1.33. The molecule has 0 saturated heterocycles. The minimum Gasteiger partial charge on any atom is -0.286 e. The van der Waals surface area contributed by atoms with Crippen LogP contribution in [0.2, 0.25) is 0 Å². The molecule has 0 aromatic rings. The van der Waals surface area contributed by atoms with Gasteiger partial charge in [-0.2, -0.15) is 0 Å². The molecule has 0 fully saturated rings. The smallest absolute Gasteiger partial charge is 0.0952 e. The van der Waals surface area contributed by atoms with Crippen molar-refractivity contribution in [3.05, 3.63) is 59.9 Å². The first-order chi connectivity index (χ1) is 7.78. The van der Waals surface area contributed by atoms with Gasteiger partial charge >= 0.3 is 0 Å². The van der Waals surface area contributed by atoms with Crippen molar-refractivity contribution in [2.75, 3.05) is 7.05 Å². The van der Waals surface area contributed by atoms with E-state index in [0.717, 1.165) is 22.6 Å². The number of nitrogens with zero attached hydrogens (tertiary/aromatic N) is 2. The molecule has 1 rings (SSSR count). The first-order valence-electron chi connectivity index (χ1n) is 5.10. The van der Waals surface area contributed by atoms with Crippen molar-refractivity contribution in [1.29, 1.82) is 0 Å². The maximum atomic E-state index is 4.26. The summed E-state index contributed by atoms with van der Waals surface area (Å²) >= 11 is 0. The van der Waals surface area contributed by atoms with Crippen molar-refractivity contribution < 1.29 is 0 Å². The van der Waals surface area contributed by atoms with E-state index in [1.165, 1.54) is 0 Å². The summed E-state index contributed by atoms with van der Waals surface area (Å²) in [5.74, 6) is 0. The molecule has 2 heteroatoms. The predicted molar refractivity (Wildman–Crippen MR) is 72.2 cm³/mol. The van der Waals surface area contributed by atoms with E-state index in [1.54, 1.807) is 13.1 Å². The first-order valence-corrected chi connectivity index (χ1v) is 5.10. The summed E-state index contributed by atoms with van der Waals surface area (Å²) in [7, 11) is 1.75. The van der Waals surface area contributed by atoms with E-state index in [1.807, 2.05) is 37.3 Å². The molecular weight excluding hydrogens is 196 g/mol. The molecule has 82 valence electrons. The lowest BCUT2D eigenvalue weighted by atomic mass is 9.96. The van der Waals surface area contributed by atoms with Crippen LogP contribution in [-0.4, -0.2) is 19.5 Å². The van der Waals surface area contributed by atoms with Crippen molar-refractivity contribution in [3.8, 4) is 0 Å². The van der Waals surface area contributed by atoms with E-state index in [0.29, 0.717) is 0 Å². The van der Waals surface area contributed by atoms with Gasteiger partial charge in [0.1, 0.15) is 0 Å². The Hall–Kier alpha value is -1.96. The van der Waals surface area contributed by atoms with E-state index in [-0.39, 0.29) is 0 Å². The average molecular weight is 212 g/mol. The van der Waals surface area contributed by atoms with Crippen LogP contribution in [0.1, 0.15) is 6.92 Å². The van der Waals surface area contributed by atoms with Crippen molar-refractivity contribution in [3.63, 3.8) is 0 Å². The highest BCUT2D eigenvalue weighted by Gasteiger charge is 2.15. The fraction of sp³-hybridized carbons (Fsp3) is 0.143. The van der Waals surface area contributed by atoms with Gasteiger partial charge in [-0.05, 0) is 13.6 Å². The van der Waals surface area contributed by atoms with Crippen LogP contribution < -0.4 is 0 Å². The van der Waals surface area contributed by atoms with Crippen LogP contribution in [0.5, 0.6) is 0 Å². The van der Waals surface area contributed by atoms with E-state index in [9.17, 15) is 0 Å². The maximum absolute atomic E-state index is 4.26. The van der Waals surface area contributed by atoms with Gasteiger partial charge in [0.25, 0.3) is 0 Å². The van der Waals surface area contributed by atoms with E-state index in [2.05, 4.69) is 23.3 Å². The van der Waals surface area contributed by atoms with Gasteiger partial charge in [0.2, 0.25) is 0 Å². The van der Waals surface area contributed by atoms with Gasteiger partial charge in [-0.1, -0.05) is 43.0 Å². The summed E-state index contributed by atoms with van der Waals surface area (Å²) in [6.45, 7) is 9.26. The summed E-state index contributed by atoms with van der Waals surface area (Å²) in [6, 6.07) is 0. The molecule has 0 heterocycles. The predicted octanol–water partition coefficient (Wildman–Crippen LogP) is 3.27. The van der Waals surface area contributed by atoms with Crippen molar-refractivity contribution in [2.24, 2.45) is 9.98 Å². The van der Waals surface area contributed by atoms with E-state index in [4.69, 9.17) is 0 Å². The Balaban J connectivity index is 3.35. The van der Waals surface area contributed by atoms with E-state index >= 15 is 0 Å². The van der Waals surface area contributed by atoms with Gasteiger partial charge in [0.15, 0.2) is 0 Å². The van der Waals surface area contributed by atoms with Gasteiger partial charge in [0, 0.05) is 18.2 Å². The SMILES string of the molecule is C=C/C=C1C=CC(/C=C\C)=C(N=C)C/1=N/C. The van der Waals surface area contributed by atoms with Crippen molar-refractivity contribution >= 4 is 12.4 Å². The molecule has 1 aliphatic carbocycles. The second-order valence-corrected chi connectivity index (χ2v) is 3.23. The standard InChI is InChI=1S/C14H16N2/c1-5-7-11-9-10-12(8-6-2)14(16-4)13(11)15-3/h5-10H,1,4H2,2-3H3/b8-6-,11-7-,15-13+. The second-order valence-electron chi connectivity index (χ2n) is 3.23. The molecule has 1 aliphatic rings. The number of hydrogen-bond donors (Lipinski definition) is 0. The van der Waals surface area contributed by atoms with Crippen LogP contribution in [0.4, 0.5) is 0 Å². The molecule has 2 nitrogen and oxygen atoms in total. The Labute approximate surface area is 96.8 Å². The number of hydrogen-bond acceptors (Lipinski definition) is 2. The summed E-state index contributed by atoms with van der Waals surface area (Å²) in [6.07, 6.45) is 11.6. The molecule has 0 spiro atoms. The van der Waals surface area contributed by atoms with Gasteiger partial charge in [-0.25, -0.2) is 0 Å². The third kappa shape index (κ3) is 2.34. The Morgan fingerprint density at radius 3 is 2.56 bits per heavy atom. The average Bonchev–Trinajstić information content (AvgIpc) is 2.31. The first kappa shape index (κ1) is 12.1. The molecule has 0 aliphatic heterocycles. The highest BCUT2D eigenvalue weighted by Crippen LogP contribution is 2.22. The van der Waals surface area contributed by atoms with Crippen LogP contribution in [-0.2, 0) is 0 Å².